The summed E-state index contributed by atoms with van der Waals surface area (Å²) in [5.74, 6) is -1.29. The normalized spacial score (nSPS) is 12.3. The number of rotatable bonds is 6. The Kier molecular flexibility index (Phi) is 7.35. The minimum Gasteiger partial charge on any atom is -0.455 e. The van der Waals surface area contributed by atoms with Gasteiger partial charge in [0.25, 0.3) is 15.7 Å². The number of hydrogen-bond donors (Lipinski definition) is 1. The van der Waals surface area contributed by atoms with Crippen molar-refractivity contribution in [2.24, 2.45) is 0 Å². The van der Waals surface area contributed by atoms with E-state index in [0.717, 1.165) is 30.3 Å². The lowest BCUT2D eigenvalue weighted by Gasteiger charge is -2.15. The summed E-state index contributed by atoms with van der Waals surface area (Å²) >= 11 is 11.8. The summed E-state index contributed by atoms with van der Waals surface area (Å²) in [7, 11) is -4.55. The summed E-state index contributed by atoms with van der Waals surface area (Å²) in [5.41, 5.74) is -4.08. The SMILES string of the molecule is O=[N+]([O-])c1ccc(Oc2ccc(S(=O)(=O)Nc3cc(C(F)(F)F)ccc3Cl)cc2Cl)c(C(F)(F)F)c1. The molecule has 0 aliphatic rings. The van der Waals surface area contributed by atoms with Gasteiger partial charge in [0.2, 0.25) is 0 Å². The lowest BCUT2D eigenvalue weighted by Crippen LogP contribution is -2.14. The van der Waals surface area contributed by atoms with Crippen LogP contribution in [0.25, 0.3) is 0 Å². The van der Waals surface area contributed by atoms with Crippen molar-refractivity contribution in [2.45, 2.75) is 17.2 Å². The van der Waals surface area contributed by atoms with Crippen LogP contribution in [0, 0.1) is 10.1 Å². The molecule has 0 unspecified atom stereocenters. The average Bonchev–Trinajstić information content (AvgIpc) is 2.75. The minimum absolute atomic E-state index is 0.255. The molecule has 0 aliphatic heterocycles. The molecule has 0 aliphatic carbocycles. The number of anilines is 1. The molecule has 0 saturated heterocycles. The molecule has 1 N–H and O–H groups in total. The van der Waals surface area contributed by atoms with E-state index in [1.807, 2.05) is 4.72 Å². The maximum absolute atomic E-state index is 13.4. The van der Waals surface area contributed by atoms with Gasteiger partial charge in [-0.3, -0.25) is 14.8 Å². The standard InChI is InChI=1S/C20H10Cl2F6N2O5S/c21-14-4-1-10(19(23,24)25)7-16(14)29-36(33,34)12-3-6-18(15(22)9-12)35-17-5-2-11(30(31)32)8-13(17)20(26,27)28/h1-9,29H. The highest BCUT2D eigenvalue weighted by molar-refractivity contribution is 7.92. The molecular weight excluding hydrogens is 565 g/mol. The van der Waals surface area contributed by atoms with Crippen molar-refractivity contribution >= 4 is 44.6 Å². The maximum Gasteiger partial charge on any atom is 0.420 e. The molecule has 36 heavy (non-hydrogen) atoms. The van der Waals surface area contributed by atoms with Crippen molar-refractivity contribution in [1.29, 1.82) is 0 Å². The third-order valence-electron chi connectivity index (χ3n) is 4.45. The molecule has 0 bridgehead atoms. The second kappa shape index (κ2) is 9.67. The van der Waals surface area contributed by atoms with Crippen LogP contribution in [-0.4, -0.2) is 13.3 Å². The van der Waals surface area contributed by atoms with Gasteiger partial charge in [0.15, 0.2) is 0 Å². The summed E-state index contributed by atoms with van der Waals surface area (Å²) in [6.45, 7) is 0. The average molecular weight is 575 g/mol. The van der Waals surface area contributed by atoms with Crippen molar-refractivity contribution in [1.82, 2.24) is 0 Å². The van der Waals surface area contributed by atoms with Crippen molar-refractivity contribution in [3.05, 3.63) is 85.9 Å². The van der Waals surface area contributed by atoms with Crippen LogP contribution in [0.4, 0.5) is 37.7 Å². The molecule has 0 saturated carbocycles. The largest absolute Gasteiger partial charge is 0.455 e. The van der Waals surface area contributed by atoms with E-state index in [2.05, 4.69) is 0 Å². The number of non-ortho nitro benzene ring substituents is 1. The van der Waals surface area contributed by atoms with E-state index in [0.29, 0.717) is 18.2 Å². The summed E-state index contributed by atoms with van der Waals surface area (Å²) < 4.78 is 111. The topological polar surface area (TPSA) is 98.5 Å². The Morgan fingerprint density at radius 2 is 1.47 bits per heavy atom. The Bertz CT molecular complexity index is 1450. The summed E-state index contributed by atoms with van der Waals surface area (Å²) in [6.07, 6.45) is -9.81. The predicted octanol–water partition coefficient (Wildman–Crippen LogP) is 7.53. The molecular formula is C20H10Cl2F6N2O5S. The summed E-state index contributed by atoms with van der Waals surface area (Å²) in [6, 6.07) is 6.22. The van der Waals surface area contributed by atoms with Gasteiger partial charge in [-0.25, -0.2) is 8.42 Å². The van der Waals surface area contributed by atoms with Gasteiger partial charge >= 0.3 is 12.4 Å². The Balaban J connectivity index is 1.93. The third kappa shape index (κ3) is 6.12. The number of benzene rings is 3. The van der Waals surface area contributed by atoms with Crippen LogP contribution in [-0.2, 0) is 22.4 Å². The first kappa shape index (κ1) is 27.4. The molecule has 3 aromatic carbocycles. The van der Waals surface area contributed by atoms with Gasteiger partial charge in [-0.05, 0) is 42.5 Å². The third-order valence-corrected chi connectivity index (χ3v) is 6.44. The van der Waals surface area contributed by atoms with Crippen LogP contribution in [0.5, 0.6) is 11.5 Å². The summed E-state index contributed by atoms with van der Waals surface area (Å²) in [4.78, 5) is 9.20. The summed E-state index contributed by atoms with van der Waals surface area (Å²) in [5, 5.41) is 9.98. The number of nitro groups is 1. The van der Waals surface area contributed by atoms with Crippen LogP contribution in [0.15, 0.2) is 59.5 Å². The molecule has 0 fully saturated rings. The number of sulfonamides is 1. The molecule has 0 atom stereocenters. The molecule has 0 radical (unpaired) electrons. The number of halogens is 8. The van der Waals surface area contributed by atoms with E-state index >= 15 is 0 Å². The fraction of sp³-hybridized carbons (Fsp3) is 0.100. The monoisotopic (exact) mass is 574 g/mol. The molecule has 7 nitrogen and oxygen atoms in total. The zero-order valence-electron chi connectivity index (χ0n) is 17.1. The lowest BCUT2D eigenvalue weighted by atomic mass is 10.1. The molecule has 192 valence electrons. The zero-order valence-corrected chi connectivity index (χ0v) is 19.4. The molecule has 3 aromatic rings. The first-order valence-electron chi connectivity index (χ1n) is 9.21. The smallest absolute Gasteiger partial charge is 0.420 e. The lowest BCUT2D eigenvalue weighted by molar-refractivity contribution is -0.385. The highest BCUT2D eigenvalue weighted by Crippen LogP contribution is 2.42. The second-order valence-corrected chi connectivity index (χ2v) is 9.42. The number of nitrogens with zero attached hydrogens (tertiary/aromatic N) is 1. The van der Waals surface area contributed by atoms with Crippen LogP contribution in [0.3, 0.4) is 0 Å². The number of hydrogen-bond acceptors (Lipinski definition) is 5. The van der Waals surface area contributed by atoms with Crippen LogP contribution >= 0.6 is 23.2 Å². The van der Waals surface area contributed by atoms with Crippen LogP contribution in [0.1, 0.15) is 11.1 Å². The highest BCUT2D eigenvalue weighted by Gasteiger charge is 2.36. The van der Waals surface area contributed by atoms with E-state index in [4.69, 9.17) is 27.9 Å². The van der Waals surface area contributed by atoms with Gasteiger partial charge in [-0.2, -0.15) is 26.3 Å². The number of ether oxygens (including phenoxy) is 1. The fourth-order valence-electron chi connectivity index (χ4n) is 2.78. The molecule has 0 amide bonds. The molecule has 0 aromatic heterocycles. The van der Waals surface area contributed by atoms with E-state index in [1.165, 1.54) is 0 Å². The highest BCUT2D eigenvalue weighted by atomic mass is 35.5. The minimum atomic E-state index is -5.04. The van der Waals surface area contributed by atoms with Gasteiger partial charge in [0.1, 0.15) is 17.1 Å². The number of alkyl halides is 6. The van der Waals surface area contributed by atoms with Gasteiger partial charge in [-0.15, -0.1) is 0 Å². The Labute approximate surface area is 208 Å². The Hall–Kier alpha value is -3.23. The number of nitro benzene ring substituents is 1. The van der Waals surface area contributed by atoms with Crippen molar-refractivity contribution in [2.75, 3.05) is 4.72 Å². The van der Waals surface area contributed by atoms with E-state index in [1.54, 1.807) is 0 Å². The van der Waals surface area contributed by atoms with Gasteiger partial charge in [-0.1, -0.05) is 23.2 Å². The van der Waals surface area contributed by atoms with E-state index in [9.17, 15) is 44.9 Å². The molecule has 16 heteroatoms. The predicted molar refractivity (Wildman–Crippen MR) is 117 cm³/mol. The van der Waals surface area contributed by atoms with Crippen LogP contribution in [0.2, 0.25) is 10.0 Å². The number of nitrogens with one attached hydrogen (secondary N) is 1. The first-order chi connectivity index (χ1) is 16.5. The van der Waals surface area contributed by atoms with Gasteiger partial charge in [0.05, 0.1) is 31.1 Å². The molecule has 0 heterocycles. The van der Waals surface area contributed by atoms with E-state index < -0.39 is 71.2 Å². The van der Waals surface area contributed by atoms with Crippen molar-refractivity contribution < 1.29 is 44.4 Å². The van der Waals surface area contributed by atoms with Crippen molar-refractivity contribution in [3.8, 4) is 11.5 Å². The van der Waals surface area contributed by atoms with Gasteiger partial charge in [0, 0.05) is 12.1 Å². The van der Waals surface area contributed by atoms with Gasteiger partial charge < -0.3 is 4.74 Å². The van der Waals surface area contributed by atoms with Crippen molar-refractivity contribution in [3.63, 3.8) is 0 Å². The fourth-order valence-corrected chi connectivity index (χ4v) is 4.38. The Morgan fingerprint density at radius 3 is 2.03 bits per heavy atom. The second-order valence-electron chi connectivity index (χ2n) is 6.93. The quantitative estimate of drug-likeness (QED) is 0.186. The van der Waals surface area contributed by atoms with Crippen LogP contribution < -0.4 is 9.46 Å². The molecule has 0 spiro atoms. The zero-order chi connectivity index (χ0) is 27.1. The maximum atomic E-state index is 13.4. The Morgan fingerprint density at radius 1 is 0.833 bits per heavy atom. The first-order valence-corrected chi connectivity index (χ1v) is 11.5. The van der Waals surface area contributed by atoms with E-state index in [-0.39, 0.29) is 11.1 Å². The molecule has 3 rings (SSSR count).